The van der Waals surface area contributed by atoms with Crippen LogP contribution >= 0.6 is 0 Å². The molecule has 0 saturated carbocycles. The molecule has 5 nitrogen and oxygen atoms in total. The highest BCUT2D eigenvalue weighted by Crippen LogP contribution is 2.22. The van der Waals surface area contributed by atoms with Crippen molar-refractivity contribution >= 4 is 26.8 Å². The van der Waals surface area contributed by atoms with Crippen molar-refractivity contribution < 1.29 is 13.2 Å². The quantitative estimate of drug-likeness (QED) is 0.709. The van der Waals surface area contributed by atoms with Crippen LogP contribution in [0.5, 0.6) is 0 Å². The van der Waals surface area contributed by atoms with Crippen LogP contribution in [0.4, 0.5) is 0 Å². The van der Waals surface area contributed by atoms with E-state index in [1.165, 1.54) is 0 Å². The summed E-state index contributed by atoms with van der Waals surface area (Å²) >= 11 is 0. The fourth-order valence-corrected chi connectivity index (χ4v) is 2.83. The molecule has 1 aliphatic heterocycles. The van der Waals surface area contributed by atoms with Gasteiger partial charge in [-0.25, -0.2) is 5.43 Å². The molecule has 0 fully saturated rings. The van der Waals surface area contributed by atoms with E-state index < -0.39 is 10.3 Å². The molecule has 96 valence electrons. The summed E-state index contributed by atoms with van der Waals surface area (Å²) in [5.74, 6) is -0.566. The van der Waals surface area contributed by atoms with Crippen molar-refractivity contribution in [2.24, 2.45) is 16.9 Å². The van der Waals surface area contributed by atoms with Crippen molar-refractivity contribution in [1.29, 1.82) is 0 Å². The molecule has 2 rings (SSSR count). The molecule has 0 saturated heterocycles. The van der Waals surface area contributed by atoms with E-state index in [2.05, 4.69) is 10.5 Å². The fourth-order valence-electron chi connectivity index (χ4n) is 2.14. The maximum atomic E-state index is 11.3. The molecule has 0 aromatic rings. The van der Waals surface area contributed by atoms with Crippen LogP contribution in [0.3, 0.4) is 0 Å². The first kappa shape index (κ1) is 12.8. The van der Waals surface area contributed by atoms with Gasteiger partial charge in [-0.3, -0.25) is 4.79 Å². The van der Waals surface area contributed by atoms with E-state index in [4.69, 9.17) is 0 Å². The van der Waals surface area contributed by atoms with Crippen molar-refractivity contribution in [1.82, 2.24) is 5.43 Å². The van der Waals surface area contributed by atoms with Crippen LogP contribution in [0.25, 0.3) is 0 Å². The molecular weight excluding hydrogens is 252 g/mol. The maximum absolute atomic E-state index is 11.3. The smallest absolute Gasteiger partial charge is 0.240 e. The number of hydrogen-bond acceptors (Lipinski definition) is 4. The third-order valence-electron chi connectivity index (χ3n) is 3.05. The van der Waals surface area contributed by atoms with Gasteiger partial charge in [0, 0.05) is 12.3 Å². The molecule has 1 heterocycles. The third kappa shape index (κ3) is 2.43. The zero-order valence-electron chi connectivity index (χ0n) is 10.2. The van der Waals surface area contributed by atoms with Gasteiger partial charge in [-0.1, -0.05) is 24.6 Å². The second-order valence-corrected chi connectivity index (χ2v) is 5.48. The minimum Gasteiger partial charge on any atom is -0.273 e. The number of carbonyl (C=O) groups is 1. The molecule has 18 heavy (non-hydrogen) atoms. The molecular formula is C12H14N2O3S. The molecule has 0 spiro atoms. The average molecular weight is 266 g/mol. The van der Waals surface area contributed by atoms with E-state index in [-0.39, 0.29) is 17.7 Å². The van der Waals surface area contributed by atoms with Crippen LogP contribution in [-0.2, 0) is 15.1 Å². The van der Waals surface area contributed by atoms with Gasteiger partial charge in [0.25, 0.3) is 0 Å². The number of rotatable bonds is 1. The lowest BCUT2D eigenvalue weighted by molar-refractivity contribution is -0.121. The lowest BCUT2D eigenvalue weighted by atomic mass is 9.84. The molecule has 0 aromatic heterocycles. The van der Waals surface area contributed by atoms with Crippen molar-refractivity contribution in [3.05, 3.63) is 23.8 Å². The van der Waals surface area contributed by atoms with Crippen LogP contribution in [0.1, 0.15) is 20.3 Å². The number of amides is 1. The summed E-state index contributed by atoms with van der Waals surface area (Å²) in [5.41, 5.74) is 3.99. The van der Waals surface area contributed by atoms with E-state index in [0.29, 0.717) is 17.0 Å². The Morgan fingerprint density at radius 1 is 1.44 bits per heavy atom. The number of nitrogens with one attached hydrogen (secondary N) is 1. The normalized spacial score (nSPS) is 27.4. The van der Waals surface area contributed by atoms with Crippen molar-refractivity contribution in [3.63, 3.8) is 0 Å². The van der Waals surface area contributed by atoms with Crippen LogP contribution in [0, 0.1) is 11.8 Å². The van der Waals surface area contributed by atoms with E-state index >= 15 is 0 Å². The van der Waals surface area contributed by atoms with Crippen molar-refractivity contribution in [2.75, 3.05) is 0 Å². The van der Waals surface area contributed by atoms with Crippen LogP contribution in [-0.4, -0.2) is 24.9 Å². The predicted octanol–water partition coefficient (Wildman–Crippen LogP) is 0.682. The Morgan fingerprint density at radius 2 is 2.17 bits per heavy atom. The number of nitrogens with zero attached hydrogens (tertiary/aromatic N) is 1. The minimum atomic E-state index is -2.28. The Kier molecular flexibility index (Phi) is 3.47. The van der Waals surface area contributed by atoms with E-state index in [0.717, 1.165) is 5.57 Å². The Balaban J connectivity index is 2.43. The van der Waals surface area contributed by atoms with Gasteiger partial charge >= 0.3 is 0 Å². The van der Waals surface area contributed by atoms with Gasteiger partial charge in [-0.15, -0.1) is 0 Å². The predicted molar refractivity (Wildman–Crippen MR) is 69.7 cm³/mol. The molecule has 0 bridgehead atoms. The number of allylic oxidation sites excluding steroid dienone is 4. The maximum Gasteiger partial charge on any atom is 0.240 e. The van der Waals surface area contributed by atoms with Crippen LogP contribution in [0.2, 0.25) is 0 Å². The highest BCUT2D eigenvalue weighted by atomic mass is 32.2. The Morgan fingerprint density at radius 3 is 2.78 bits per heavy atom. The van der Waals surface area contributed by atoms with Gasteiger partial charge in [-0.2, -0.15) is 13.5 Å². The van der Waals surface area contributed by atoms with Gasteiger partial charge in [0.15, 0.2) is 0 Å². The SMILES string of the molecule is CC1=CC(=S(=O)=O)C(C2=NNC(=O)CC2C)C=C1. The number of hydrazone groups is 1. The summed E-state index contributed by atoms with van der Waals surface area (Å²) < 4.78 is 22.5. The molecule has 1 N–H and O–H groups in total. The molecule has 2 aliphatic rings. The average Bonchev–Trinajstić information content (AvgIpc) is 2.29. The lowest BCUT2D eigenvalue weighted by Crippen LogP contribution is -2.38. The van der Waals surface area contributed by atoms with Gasteiger partial charge in [0.05, 0.1) is 16.5 Å². The van der Waals surface area contributed by atoms with Crippen molar-refractivity contribution in [3.8, 4) is 0 Å². The van der Waals surface area contributed by atoms with Gasteiger partial charge in [-0.05, 0) is 13.0 Å². The summed E-state index contributed by atoms with van der Waals surface area (Å²) in [6, 6.07) is 0. The molecule has 2 atom stereocenters. The summed E-state index contributed by atoms with van der Waals surface area (Å²) in [6.45, 7) is 3.72. The standard InChI is InChI=1S/C12H14N2O3S/c1-7-3-4-9(10(5-7)18(16)17)12-8(2)6-11(15)13-14-12/h3-5,8-9H,6H2,1-2H3,(H,13,15). The zero-order chi connectivity index (χ0) is 13.3. The Bertz CT molecular complexity index is 603. The summed E-state index contributed by atoms with van der Waals surface area (Å²) in [5, 5.41) is 4.02. The summed E-state index contributed by atoms with van der Waals surface area (Å²) in [6.07, 6.45) is 5.66. The first-order chi connectivity index (χ1) is 8.49. The van der Waals surface area contributed by atoms with Crippen molar-refractivity contribution in [2.45, 2.75) is 20.3 Å². The number of hydrogen-bond donors (Lipinski definition) is 1. The topological polar surface area (TPSA) is 75.6 Å². The molecule has 2 unspecified atom stereocenters. The van der Waals surface area contributed by atoms with Crippen LogP contribution in [0.15, 0.2) is 28.9 Å². The van der Waals surface area contributed by atoms with Gasteiger partial charge < -0.3 is 0 Å². The first-order valence-electron chi connectivity index (χ1n) is 5.68. The van der Waals surface area contributed by atoms with E-state index in [1.807, 2.05) is 26.0 Å². The second kappa shape index (κ2) is 4.89. The molecule has 1 amide bonds. The lowest BCUT2D eigenvalue weighted by Gasteiger charge is -2.25. The minimum absolute atomic E-state index is 0.0567. The molecule has 1 aliphatic carbocycles. The van der Waals surface area contributed by atoms with Crippen LogP contribution < -0.4 is 5.43 Å². The van der Waals surface area contributed by atoms with Gasteiger partial charge in [0.1, 0.15) is 0 Å². The Labute approximate surface area is 107 Å². The summed E-state index contributed by atoms with van der Waals surface area (Å²) in [4.78, 5) is 11.5. The number of carbonyl (C=O) groups excluding carboxylic acids is 1. The van der Waals surface area contributed by atoms with E-state index in [9.17, 15) is 13.2 Å². The first-order valence-corrected chi connectivity index (χ1v) is 6.75. The van der Waals surface area contributed by atoms with Gasteiger partial charge in [0.2, 0.25) is 16.2 Å². The van der Waals surface area contributed by atoms with E-state index in [1.54, 1.807) is 6.08 Å². The highest BCUT2D eigenvalue weighted by molar-refractivity contribution is 7.73. The summed E-state index contributed by atoms with van der Waals surface area (Å²) in [7, 11) is -2.28. The Hall–Kier alpha value is -1.69. The third-order valence-corrected chi connectivity index (χ3v) is 3.80. The largest absolute Gasteiger partial charge is 0.273 e. The molecule has 0 radical (unpaired) electrons. The second-order valence-electron chi connectivity index (χ2n) is 4.54. The monoisotopic (exact) mass is 266 g/mol. The zero-order valence-corrected chi connectivity index (χ0v) is 11.0. The highest BCUT2D eigenvalue weighted by Gasteiger charge is 2.30. The fraction of sp³-hybridized carbons (Fsp3) is 0.417. The molecule has 6 heteroatoms. The molecule has 0 aromatic carbocycles.